The van der Waals surface area contributed by atoms with Crippen LogP contribution in [0.25, 0.3) is 0 Å². The van der Waals surface area contributed by atoms with Gasteiger partial charge in [0.05, 0.1) is 0 Å². The van der Waals surface area contributed by atoms with E-state index in [1.165, 1.54) is 5.56 Å². The summed E-state index contributed by atoms with van der Waals surface area (Å²) in [4.78, 5) is 23.1. The van der Waals surface area contributed by atoms with Crippen molar-refractivity contribution in [2.75, 3.05) is 18.0 Å². The molecule has 0 aliphatic carbocycles. The van der Waals surface area contributed by atoms with E-state index in [1.54, 1.807) is 12.1 Å². The molecule has 1 amide bonds. The van der Waals surface area contributed by atoms with Crippen LogP contribution in [0.2, 0.25) is 0 Å². The molecule has 0 saturated carbocycles. The summed E-state index contributed by atoms with van der Waals surface area (Å²) in [5.41, 5.74) is 3.56. The largest absolute Gasteiger partial charge is 0.347 e. The number of anilines is 2. The summed E-state index contributed by atoms with van der Waals surface area (Å²) < 4.78 is 0. The van der Waals surface area contributed by atoms with Gasteiger partial charge in [-0.3, -0.25) is 4.79 Å². The molecule has 5 nitrogen and oxygen atoms in total. The Morgan fingerprint density at radius 1 is 1.41 bits per heavy atom. The summed E-state index contributed by atoms with van der Waals surface area (Å²) in [6.45, 7) is 6.72. The molecule has 0 radical (unpaired) electrons. The predicted molar refractivity (Wildman–Crippen MR) is 86.5 cm³/mol. The summed E-state index contributed by atoms with van der Waals surface area (Å²) in [6.07, 6.45) is 2.61. The fourth-order valence-electron chi connectivity index (χ4n) is 2.59. The van der Waals surface area contributed by atoms with Gasteiger partial charge in [-0.25, -0.2) is 9.97 Å². The zero-order chi connectivity index (χ0) is 15.5. The van der Waals surface area contributed by atoms with Gasteiger partial charge in [-0.2, -0.15) is 0 Å². The number of carbonyl (C=O) groups is 1. The maximum Gasteiger partial charge on any atom is 0.270 e. The lowest BCUT2D eigenvalue weighted by molar-refractivity contribution is 0.0953. The smallest absolute Gasteiger partial charge is 0.270 e. The molecule has 2 heterocycles. The minimum Gasteiger partial charge on any atom is -0.347 e. The highest BCUT2D eigenvalue weighted by molar-refractivity contribution is 5.92. The van der Waals surface area contributed by atoms with Crippen LogP contribution in [0.5, 0.6) is 0 Å². The Morgan fingerprint density at radius 2 is 2.23 bits per heavy atom. The molecule has 0 bridgehead atoms. The van der Waals surface area contributed by atoms with Crippen molar-refractivity contribution in [3.05, 3.63) is 59.9 Å². The van der Waals surface area contributed by atoms with Crippen molar-refractivity contribution in [2.45, 2.75) is 13.3 Å². The first-order chi connectivity index (χ1) is 10.7. The van der Waals surface area contributed by atoms with Crippen LogP contribution in [-0.4, -0.2) is 29.0 Å². The van der Waals surface area contributed by atoms with Gasteiger partial charge in [0, 0.05) is 24.5 Å². The molecule has 0 saturated heterocycles. The first kappa shape index (κ1) is 14.3. The van der Waals surface area contributed by atoms with E-state index in [0.717, 1.165) is 24.3 Å². The van der Waals surface area contributed by atoms with E-state index in [9.17, 15) is 4.79 Å². The van der Waals surface area contributed by atoms with E-state index in [-0.39, 0.29) is 5.91 Å². The molecular formula is C17H18N4O. The molecule has 0 spiro atoms. The summed E-state index contributed by atoms with van der Waals surface area (Å²) in [7, 11) is 0. The second-order valence-corrected chi connectivity index (χ2v) is 5.22. The third kappa shape index (κ3) is 2.70. The van der Waals surface area contributed by atoms with Crippen LogP contribution in [0, 0.1) is 6.92 Å². The molecule has 5 heteroatoms. The quantitative estimate of drug-likeness (QED) is 0.880. The minimum atomic E-state index is -0.209. The highest BCUT2D eigenvalue weighted by Gasteiger charge is 2.23. The van der Waals surface area contributed by atoms with Crippen LogP contribution in [-0.2, 0) is 6.42 Å². The maximum absolute atomic E-state index is 12.1. The third-order valence-corrected chi connectivity index (χ3v) is 3.61. The van der Waals surface area contributed by atoms with Crippen LogP contribution in [0.3, 0.4) is 0 Å². The summed E-state index contributed by atoms with van der Waals surface area (Å²) in [5, 5.41) is 2.75. The first-order valence-corrected chi connectivity index (χ1v) is 7.29. The number of nitrogens with zero attached hydrogens (tertiary/aromatic N) is 3. The highest BCUT2D eigenvalue weighted by Crippen LogP contribution is 2.32. The van der Waals surface area contributed by atoms with Crippen molar-refractivity contribution in [1.82, 2.24) is 15.3 Å². The van der Waals surface area contributed by atoms with Gasteiger partial charge in [-0.15, -0.1) is 6.58 Å². The molecule has 1 N–H and O–H groups in total. The van der Waals surface area contributed by atoms with Crippen molar-refractivity contribution in [3.8, 4) is 0 Å². The Bertz CT molecular complexity index is 726. The number of para-hydroxylation sites is 1. The summed E-state index contributed by atoms with van der Waals surface area (Å²) in [6, 6.07) is 9.91. The van der Waals surface area contributed by atoms with Crippen LogP contribution in [0.4, 0.5) is 11.6 Å². The number of carbonyl (C=O) groups excluding carboxylic acids is 1. The number of nitrogens with one attached hydrogen (secondary N) is 1. The lowest BCUT2D eigenvalue weighted by Gasteiger charge is -2.18. The zero-order valence-electron chi connectivity index (χ0n) is 12.5. The lowest BCUT2D eigenvalue weighted by atomic mass is 10.2. The average molecular weight is 294 g/mol. The minimum absolute atomic E-state index is 0.209. The van der Waals surface area contributed by atoms with E-state index >= 15 is 0 Å². The van der Waals surface area contributed by atoms with E-state index in [0.29, 0.717) is 18.2 Å². The van der Waals surface area contributed by atoms with Crippen LogP contribution in [0.15, 0.2) is 43.0 Å². The number of fused-ring (bicyclic) bond motifs is 1. The summed E-state index contributed by atoms with van der Waals surface area (Å²) >= 11 is 0. The van der Waals surface area contributed by atoms with E-state index in [2.05, 4.69) is 38.9 Å². The van der Waals surface area contributed by atoms with E-state index < -0.39 is 0 Å². The molecule has 1 aliphatic rings. The molecule has 112 valence electrons. The number of amides is 1. The molecule has 0 atom stereocenters. The molecule has 22 heavy (non-hydrogen) atoms. The fraction of sp³-hybridized carbons (Fsp3) is 0.235. The van der Waals surface area contributed by atoms with Crippen molar-refractivity contribution in [2.24, 2.45) is 0 Å². The van der Waals surface area contributed by atoms with Gasteiger partial charge in [0.2, 0.25) is 5.95 Å². The number of benzene rings is 1. The summed E-state index contributed by atoms with van der Waals surface area (Å²) in [5.74, 6) is 0.368. The monoisotopic (exact) mass is 294 g/mol. The van der Waals surface area contributed by atoms with Gasteiger partial charge < -0.3 is 10.2 Å². The van der Waals surface area contributed by atoms with Gasteiger partial charge in [-0.05, 0) is 31.0 Å². The number of hydrogen-bond donors (Lipinski definition) is 1. The Balaban J connectivity index is 1.94. The van der Waals surface area contributed by atoms with Gasteiger partial charge in [0.1, 0.15) is 5.69 Å². The van der Waals surface area contributed by atoms with Gasteiger partial charge in [0.25, 0.3) is 5.91 Å². The number of aryl methyl sites for hydroxylation is 1. The Hall–Kier alpha value is -2.69. The molecule has 1 aromatic heterocycles. The molecule has 1 aliphatic heterocycles. The zero-order valence-corrected chi connectivity index (χ0v) is 12.5. The van der Waals surface area contributed by atoms with Crippen LogP contribution in [0.1, 0.15) is 21.7 Å². The normalized spacial score (nSPS) is 12.9. The van der Waals surface area contributed by atoms with Crippen molar-refractivity contribution < 1.29 is 4.79 Å². The lowest BCUT2D eigenvalue weighted by Crippen LogP contribution is -2.26. The third-order valence-electron chi connectivity index (χ3n) is 3.61. The molecular weight excluding hydrogens is 276 g/mol. The van der Waals surface area contributed by atoms with Crippen molar-refractivity contribution >= 4 is 17.5 Å². The molecule has 1 aromatic carbocycles. The standard InChI is InChI=1S/C17H18N4O/c1-3-9-18-16(22)14-11-12(2)19-17(20-14)21-10-8-13-6-4-5-7-15(13)21/h3-7,11H,1,8-10H2,2H3,(H,18,22). The van der Waals surface area contributed by atoms with Gasteiger partial charge in [0.15, 0.2) is 0 Å². The number of aromatic nitrogens is 2. The Labute approximate surface area is 129 Å². The van der Waals surface area contributed by atoms with E-state index in [4.69, 9.17) is 0 Å². The second-order valence-electron chi connectivity index (χ2n) is 5.22. The predicted octanol–water partition coefficient (Wildman–Crippen LogP) is 2.40. The van der Waals surface area contributed by atoms with Crippen LogP contribution < -0.4 is 10.2 Å². The molecule has 2 aromatic rings. The SMILES string of the molecule is C=CCNC(=O)c1cc(C)nc(N2CCc3ccccc32)n1. The van der Waals surface area contributed by atoms with Crippen LogP contribution >= 0.6 is 0 Å². The number of rotatable bonds is 4. The fourth-order valence-corrected chi connectivity index (χ4v) is 2.59. The molecule has 3 rings (SSSR count). The Kier molecular flexibility index (Phi) is 3.87. The highest BCUT2D eigenvalue weighted by atomic mass is 16.1. The maximum atomic E-state index is 12.1. The Morgan fingerprint density at radius 3 is 3.05 bits per heavy atom. The average Bonchev–Trinajstić information content (AvgIpc) is 2.96. The molecule has 0 fully saturated rings. The van der Waals surface area contributed by atoms with Gasteiger partial charge >= 0.3 is 0 Å². The number of hydrogen-bond acceptors (Lipinski definition) is 4. The second kappa shape index (κ2) is 5.97. The van der Waals surface area contributed by atoms with Crippen molar-refractivity contribution in [3.63, 3.8) is 0 Å². The van der Waals surface area contributed by atoms with Gasteiger partial charge in [-0.1, -0.05) is 24.3 Å². The van der Waals surface area contributed by atoms with E-state index in [1.807, 2.05) is 19.1 Å². The topological polar surface area (TPSA) is 58.1 Å². The molecule has 0 unspecified atom stereocenters. The van der Waals surface area contributed by atoms with Crippen molar-refractivity contribution in [1.29, 1.82) is 0 Å². The first-order valence-electron chi connectivity index (χ1n) is 7.29.